The zero-order chi connectivity index (χ0) is 14.0. The second-order valence-corrected chi connectivity index (χ2v) is 5.75. The predicted molar refractivity (Wildman–Crippen MR) is 93.6 cm³/mol. The summed E-state index contributed by atoms with van der Waals surface area (Å²) >= 11 is 0. The van der Waals surface area contributed by atoms with Crippen LogP contribution in [0, 0.1) is 34.6 Å². The highest BCUT2D eigenvalue weighted by atomic mass is 14.3. The van der Waals surface area contributed by atoms with Crippen LogP contribution in [0.3, 0.4) is 0 Å². The summed E-state index contributed by atoms with van der Waals surface area (Å²) in [5, 5.41) is 0. The van der Waals surface area contributed by atoms with Gasteiger partial charge in [0.05, 0.1) is 0 Å². The standard InChI is InChI=1S/C15H24.C2H6.2CH4/c1-9-10(2)12(4)14(15(6,7)8)13(5)11(9)3;1-2;;/h1-8H3;1-2H3;2*1H4. The van der Waals surface area contributed by atoms with Crippen molar-refractivity contribution in [3.63, 3.8) is 0 Å². The number of benzene rings is 1. The average Bonchev–Trinajstić information content (AvgIpc) is 2.25. The molecule has 0 aliphatic rings. The molecule has 0 aliphatic heterocycles. The van der Waals surface area contributed by atoms with Crippen LogP contribution in [-0.4, -0.2) is 0 Å². The summed E-state index contributed by atoms with van der Waals surface area (Å²) in [6.45, 7) is 22.1. The molecule has 0 fully saturated rings. The first-order valence-corrected chi connectivity index (χ1v) is 6.75. The summed E-state index contributed by atoms with van der Waals surface area (Å²) in [4.78, 5) is 0. The van der Waals surface area contributed by atoms with Gasteiger partial charge in [0.15, 0.2) is 0 Å². The maximum atomic E-state index is 2.30. The molecular formula is C19H38. The Balaban J connectivity index is -0.000000609. The summed E-state index contributed by atoms with van der Waals surface area (Å²) in [5.41, 5.74) is 9.11. The van der Waals surface area contributed by atoms with E-state index in [9.17, 15) is 0 Å². The summed E-state index contributed by atoms with van der Waals surface area (Å²) in [5.74, 6) is 0. The maximum Gasteiger partial charge on any atom is -0.0126 e. The summed E-state index contributed by atoms with van der Waals surface area (Å²) in [6, 6.07) is 0. The number of rotatable bonds is 0. The summed E-state index contributed by atoms with van der Waals surface area (Å²) in [7, 11) is 0. The molecule has 0 heteroatoms. The Labute approximate surface area is 123 Å². The lowest BCUT2D eigenvalue weighted by Crippen LogP contribution is -2.17. The highest BCUT2D eigenvalue weighted by Gasteiger charge is 2.22. The van der Waals surface area contributed by atoms with Gasteiger partial charge in [0.25, 0.3) is 0 Å². The second-order valence-electron chi connectivity index (χ2n) is 5.75. The van der Waals surface area contributed by atoms with Crippen LogP contribution in [0.1, 0.15) is 82.9 Å². The minimum absolute atomic E-state index is 0. The molecule has 0 bridgehead atoms. The normalized spacial score (nSPS) is 9.79. The molecule has 0 unspecified atom stereocenters. The van der Waals surface area contributed by atoms with Gasteiger partial charge in [-0.05, 0) is 73.4 Å². The van der Waals surface area contributed by atoms with Crippen molar-refractivity contribution >= 4 is 0 Å². The molecule has 0 spiro atoms. The van der Waals surface area contributed by atoms with Crippen molar-refractivity contribution in [2.45, 2.75) is 89.5 Å². The van der Waals surface area contributed by atoms with Gasteiger partial charge >= 0.3 is 0 Å². The first-order valence-electron chi connectivity index (χ1n) is 6.75. The van der Waals surface area contributed by atoms with Crippen molar-refractivity contribution in [1.29, 1.82) is 0 Å². The van der Waals surface area contributed by atoms with E-state index in [-0.39, 0.29) is 20.3 Å². The van der Waals surface area contributed by atoms with Crippen molar-refractivity contribution in [2.75, 3.05) is 0 Å². The van der Waals surface area contributed by atoms with E-state index in [4.69, 9.17) is 0 Å². The molecule has 0 aromatic heterocycles. The van der Waals surface area contributed by atoms with Crippen LogP contribution >= 0.6 is 0 Å². The fourth-order valence-corrected chi connectivity index (χ4v) is 2.62. The lowest BCUT2D eigenvalue weighted by atomic mass is 9.77. The fourth-order valence-electron chi connectivity index (χ4n) is 2.62. The molecule has 0 saturated heterocycles. The third-order valence-electron chi connectivity index (χ3n) is 3.75. The minimum atomic E-state index is 0. The van der Waals surface area contributed by atoms with Gasteiger partial charge in [0.2, 0.25) is 0 Å². The Bertz CT molecular complexity index is 360. The summed E-state index contributed by atoms with van der Waals surface area (Å²) < 4.78 is 0. The lowest BCUT2D eigenvalue weighted by Gasteiger charge is -2.28. The Morgan fingerprint density at radius 1 is 0.526 bits per heavy atom. The molecule has 114 valence electrons. The third kappa shape index (κ3) is 4.67. The van der Waals surface area contributed by atoms with Crippen molar-refractivity contribution < 1.29 is 0 Å². The molecule has 0 nitrogen and oxygen atoms in total. The van der Waals surface area contributed by atoms with E-state index in [1.807, 2.05) is 13.8 Å². The Kier molecular flexibility index (Phi) is 10.3. The van der Waals surface area contributed by atoms with Crippen molar-refractivity contribution in [3.8, 4) is 0 Å². The van der Waals surface area contributed by atoms with Gasteiger partial charge in [-0.3, -0.25) is 0 Å². The summed E-state index contributed by atoms with van der Waals surface area (Å²) in [6.07, 6.45) is 0. The molecule has 1 aromatic rings. The van der Waals surface area contributed by atoms with E-state index < -0.39 is 0 Å². The Morgan fingerprint density at radius 3 is 0.947 bits per heavy atom. The zero-order valence-electron chi connectivity index (χ0n) is 13.5. The quantitative estimate of drug-likeness (QED) is 0.483. The zero-order valence-corrected chi connectivity index (χ0v) is 13.5. The molecule has 1 rings (SSSR count). The Hall–Kier alpha value is -0.780. The van der Waals surface area contributed by atoms with Gasteiger partial charge in [0.1, 0.15) is 0 Å². The van der Waals surface area contributed by atoms with Crippen LogP contribution in [-0.2, 0) is 5.41 Å². The van der Waals surface area contributed by atoms with Crippen LogP contribution in [0.15, 0.2) is 0 Å². The molecule has 0 aliphatic carbocycles. The van der Waals surface area contributed by atoms with Gasteiger partial charge in [0, 0.05) is 0 Å². The lowest BCUT2D eigenvalue weighted by molar-refractivity contribution is 0.580. The van der Waals surface area contributed by atoms with Crippen LogP contribution < -0.4 is 0 Å². The third-order valence-corrected chi connectivity index (χ3v) is 3.75. The van der Waals surface area contributed by atoms with Gasteiger partial charge < -0.3 is 0 Å². The topological polar surface area (TPSA) is 0 Å². The van der Waals surface area contributed by atoms with Gasteiger partial charge in [-0.2, -0.15) is 0 Å². The van der Waals surface area contributed by atoms with Crippen molar-refractivity contribution in [1.82, 2.24) is 0 Å². The van der Waals surface area contributed by atoms with Gasteiger partial charge in [-0.15, -0.1) is 0 Å². The van der Waals surface area contributed by atoms with Gasteiger partial charge in [-0.1, -0.05) is 49.5 Å². The van der Waals surface area contributed by atoms with Crippen LogP contribution in [0.25, 0.3) is 0 Å². The monoisotopic (exact) mass is 266 g/mol. The first-order chi connectivity index (χ1) is 7.68. The molecule has 1 aromatic carbocycles. The number of hydrogen-bond donors (Lipinski definition) is 0. The van der Waals surface area contributed by atoms with Crippen LogP contribution in [0.5, 0.6) is 0 Å². The number of hydrogen-bond acceptors (Lipinski definition) is 0. The predicted octanol–water partition coefficient (Wildman–Crippen LogP) is 6.82. The van der Waals surface area contributed by atoms with Crippen molar-refractivity contribution in [2.24, 2.45) is 0 Å². The van der Waals surface area contributed by atoms with Crippen LogP contribution in [0.4, 0.5) is 0 Å². The average molecular weight is 267 g/mol. The fraction of sp³-hybridized carbons (Fsp3) is 0.684. The van der Waals surface area contributed by atoms with E-state index in [0.29, 0.717) is 0 Å². The molecule has 0 heterocycles. The molecule has 0 saturated carbocycles. The van der Waals surface area contributed by atoms with E-state index in [0.717, 1.165) is 0 Å². The van der Waals surface area contributed by atoms with E-state index in [2.05, 4.69) is 55.4 Å². The maximum absolute atomic E-state index is 2.30. The molecule has 0 radical (unpaired) electrons. The molecule has 0 amide bonds. The van der Waals surface area contributed by atoms with E-state index >= 15 is 0 Å². The highest BCUT2D eigenvalue weighted by Crippen LogP contribution is 2.34. The second kappa shape index (κ2) is 8.40. The van der Waals surface area contributed by atoms with E-state index in [1.54, 1.807) is 0 Å². The first kappa shape index (κ1) is 23.3. The molecule has 0 atom stereocenters. The molecule has 19 heavy (non-hydrogen) atoms. The van der Waals surface area contributed by atoms with E-state index in [1.165, 1.54) is 33.4 Å². The molecule has 0 N–H and O–H groups in total. The van der Waals surface area contributed by atoms with Crippen molar-refractivity contribution in [3.05, 3.63) is 33.4 Å². The minimum Gasteiger partial charge on any atom is -0.0776 e. The smallest absolute Gasteiger partial charge is 0.0126 e. The largest absolute Gasteiger partial charge is 0.0776 e. The SMILES string of the molecule is C.C.CC.Cc1c(C)c(C)c(C(C)(C)C)c(C)c1C. The van der Waals surface area contributed by atoms with Crippen LogP contribution in [0.2, 0.25) is 0 Å². The molecular weight excluding hydrogens is 228 g/mol. The van der Waals surface area contributed by atoms with Gasteiger partial charge in [-0.25, -0.2) is 0 Å². The highest BCUT2D eigenvalue weighted by molar-refractivity contribution is 5.51. The Morgan fingerprint density at radius 2 is 0.737 bits per heavy atom.